The monoisotopic (exact) mass is 177 g/mol. The van der Waals surface area contributed by atoms with Gasteiger partial charge in [0.15, 0.2) is 0 Å². The molecule has 2 N–H and O–H groups in total. The van der Waals surface area contributed by atoms with Crippen LogP contribution in [-0.2, 0) is 0 Å². The molecule has 13 heavy (non-hydrogen) atoms. The third-order valence-corrected chi connectivity index (χ3v) is 2.41. The molecular weight excluding hydrogens is 162 g/mol. The van der Waals surface area contributed by atoms with Crippen molar-refractivity contribution in [3.8, 4) is 0 Å². The van der Waals surface area contributed by atoms with E-state index < -0.39 is 0 Å². The normalized spacial score (nSPS) is 14.6. The molecule has 0 amide bonds. The summed E-state index contributed by atoms with van der Waals surface area (Å²) >= 11 is 0. The topological polar surface area (TPSA) is 27.3 Å². The number of hydrazine groups is 2. The number of hydrogen-bond donors (Lipinski definition) is 2. The average Bonchev–Trinajstić information content (AvgIpc) is 2.47. The van der Waals surface area contributed by atoms with Crippen LogP contribution in [0.5, 0.6) is 0 Å². The molecule has 0 saturated carbocycles. The van der Waals surface area contributed by atoms with Crippen molar-refractivity contribution in [2.45, 2.75) is 19.8 Å². The Labute approximate surface area is 78.7 Å². The molecule has 0 aliphatic carbocycles. The Kier molecular flexibility index (Phi) is 1.88. The molecule has 1 aliphatic heterocycles. The molecule has 3 heteroatoms. The maximum atomic E-state index is 3.09. The van der Waals surface area contributed by atoms with Crippen molar-refractivity contribution in [3.05, 3.63) is 23.8 Å². The average molecular weight is 177 g/mol. The highest BCUT2D eigenvalue weighted by Gasteiger charge is 2.15. The van der Waals surface area contributed by atoms with Crippen LogP contribution in [0.2, 0.25) is 0 Å². The fourth-order valence-electron chi connectivity index (χ4n) is 1.50. The molecule has 3 nitrogen and oxygen atoms in total. The van der Waals surface area contributed by atoms with Gasteiger partial charge in [-0.1, -0.05) is 19.9 Å². The molecule has 1 heterocycles. The molecular formula is C10H15N3. The van der Waals surface area contributed by atoms with E-state index in [4.69, 9.17) is 0 Å². The van der Waals surface area contributed by atoms with Crippen molar-refractivity contribution >= 4 is 11.4 Å². The van der Waals surface area contributed by atoms with Crippen LogP contribution in [0.4, 0.5) is 11.4 Å². The lowest BCUT2D eigenvalue weighted by molar-refractivity contribution is 0.817. The van der Waals surface area contributed by atoms with Crippen molar-refractivity contribution in [2.24, 2.45) is 0 Å². The maximum absolute atomic E-state index is 3.09. The minimum Gasteiger partial charge on any atom is -0.302 e. The predicted molar refractivity (Wildman–Crippen MR) is 55.7 cm³/mol. The van der Waals surface area contributed by atoms with E-state index in [2.05, 4.69) is 43.0 Å². The maximum Gasteiger partial charge on any atom is 0.0782 e. The van der Waals surface area contributed by atoms with Crippen LogP contribution >= 0.6 is 0 Å². The third kappa shape index (κ3) is 1.35. The zero-order valence-electron chi connectivity index (χ0n) is 8.26. The fraction of sp³-hybridized carbons (Fsp3) is 0.400. The smallest absolute Gasteiger partial charge is 0.0782 e. The molecule has 0 atom stereocenters. The van der Waals surface area contributed by atoms with E-state index in [1.165, 1.54) is 11.3 Å². The second-order valence-electron chi connectivity index (χ2n) is 3.73. The Bertz CT molecular complexity index is 320. The van der Waals surface area contributed by atoms with Gasteiger partial charge in [-0.3, -0.25) is 5.01 Å². The van der Waals surface area contributed by atoms with Gasteiger partial charge in [0.2, 0.25) is 0 Å². The fourth-order valence-corrected chi connectivity index (χ4v) is 1.50. The predicted octanol–water partition coefficient (Wildman–Crippen LogP) is 2.09. The highest BCUT2D eigenvalue weighted by molar-refractivity contribution is 5.73. The zero-order valence-corrected chi connectivity index (χ0v) is 8.26. The molecule has 70 valence electrons. The molecule has 1 aliphatic rings. The first-order chi connectivity index (χ1) is 6.18. The SMILES string of the molecule is CC(C)c1ccc2c(c1)N(C)NN2. The molecule has 0 bridgehead atoms. The van der Waals surface area contributed by atoms with E-state index in [1.54, 1.807) is 0 Å². The molecule has 0 fully saturated rings. The molecule has 0 unspecified atom stereocenters. The molecule has 0 spiro atoms. The summed E-state index contributed by atoms with van der Waals surface area (Å²) in [4.78, 5) is 0. The van der Waals surface area contributed by atoms with Gasteiger partial charge in [-0.05, 0) is 23.6 Å². The largest absolute Gasteiger partial charge is 0.302 e. The van der Waals surface area contributed by atoms with E-state index >= 15 is 0 Å². The summed E-state index contributed by atoms with van der Waals surface area (Å²) in [7, 11) is 2.00. The summed E-state index contributed by atoms with van der Waals surface area (Å²) in [6, 6.07) is 6.49. The van der Waals surface area contributed by atoms with Crippen molar-refractivity contribution in [1.29, 1.82) is 0 Å². The first-order valence-corrected chi connectivity index (χ1v) is 4.58. The van der Waals surface area contributed by atoms with Gasteiger partial charge in [0.1, 0.15) is 0 Å². The molecule has 1 aromatic rings. The van der Waals surface area contributed by atoms with Gasteiger partial charge in [-0.2, -0.15) is 0 Å². The summed E-state index contributed by atoms with van der Waals surface area (Å²) in [5, 5.41) is 1.99. The van der Waals surface area contributed by atoms with Crippen LogP contribution in [0.1, 0.15) is 25.3 Å². The van der Waals surface area contributed by atoms with Crippen LogP contribution in [0.15, 0.2) is 18.2 Å². The van der Waals surface area contributed by atoms with E-state index in [0.717, 1.165) is 5.69 Å². The van der Waals surface area contributed by atoms with E-state index in [0.29, 0.717) is 5.92 Å². The van der Waals surface area contributed by atoms with Gasteiger partial charge in [0.05, 0.1) is 11.4 Å². The van der Waals surface area contributed by atoms with Crippen LogP contribution < -0.4 is 16.0 Å². The Morgan fingerprint density at radius 3 is 2.77 bits per heavy atom. The quantitative estimate of drug-likeness (QED) is 0.687. The van der Waals surface area contributed by atoms with E-state index in [1.807, 2.05) is 12.1 Å². The zero-order chi connectivity index (χ0) is 9.42. The molecule has 0 saturated heterocycles. The number of rotatable bonds is 1. The molecule has 1 aromatic carbocycles. The van der Waals surface area contributed by atoms with Gasteiger partial charge in [0.25, 0.3) is 0 Å². The van der Waals surface area contributed by atoms with Crippen LogP contribution in [0.3, 0.4) is 0 Å². The Morgan fingerprint density at radius 1 is 1.31 bits per heavy atom. The lowest BCUT2D eigenvalue weighted by atomic mass is 10.0. The van der Waals surface area contributed by atoms with Crippen molar-refractivity contribution in [2.75, 3.05) is 17.5 Å². The summed E-state index contributed by atoms with van der Waals surface area (Å²) in [5.74, 6) is 0.583. The molecule has 2 rings (SSSR count). The van der Waals surface area contributed by atoms with Crippen LogP contribution in [0.25, 0.3) is 0 Å². The van der Waals surface area contributed by atoms with Crippen molar-refractivity contribution in [3.63, 3.8) is 0 Å². The molecule has 0 radical (unpaired) electrons. The minimum atomic E-state index is 0.583. The highest BCUT2D eigenvalue weighted by Crippen LogP contribution is 2.30. The van der Waals surface area contributed by atoms with Gasteiger partial charge >= 0.3 is 0 Å². The minimum absolute atomic E-state index is 0.583. The summed E-state index contributed by atoms with van der Waals surface area (Å²) in [6.45, 7) is 4.41. The first-order valence-electron chi connectivity index (χ1n) is 4.58. The van der Waals surface area contributed by atoms with Gasteiger partial charge in [-0.15, -0.1) is 5.53 Å². The Hall–Kier alpha value is -1.22. The van der Waals surface area contributed by atoms with Gasteiger partial charge < -0.3 is 5.43 Å². The number of hydrogen-bond acceptors (Lipinski definition) is 3. The van der Waals surface area contributed by atoms with Gasteiger partial charge in [0, 0.05) is 7.05 Å². The second-order valence-corrected chi connectivity index (χ2v) is 3.73. The first kappa shape index (κ1) is 8.38. The third-order valence-electron chi connectivity index (χ3n) is 2.41. The van der Waals surface area contributed by atoms with Crippen LogP contribution in [0, 0.1) is 0 Å². The van der Waals surface area contributed by atoms with Gasteiger partial charge in [-0.25, -0.2) is 0 Å². The van der Waals surface area contributed by atoms with Crippen LogP contribution in [-0.4, -0.2) is 7.05 Å². The number of nitrogens with zero attached hydrogens (tertiary/aromatic N) is 1. The molecule has 0 aromatic heterocycles. The Morgan fingerprint density at radius 2 is 2.08 bits per heavy atom. The standard InChI is InChI=1S/C10H15N3/c1-7(2)8-4-5-9-10(6-8)13(3)12-11-9/h4-7,11-12H,1-3H3. The summed E-state index contributed by atoms with van der Waals surface area (Å²) in [5.41, 5.74) is 9.86. The summed E-state index contributed by atoms with van der Waals surface area (Å²) < 4.78 is 0. The lowest BCUT2D eigenvalue weighted by Crippen LogP contribution is -2.31. The number of nitrogens with one attached hydrogen (secondary N) is 2. The number of benzene rings is 1. The lowest BCUT2D eigenvalue weighted by Gasteiger charge is -2.12. The van der Waals surface area contributed by atoms with E-state index in [-0.39, 0.29) is 0 Å². The van der Waals surface area contributed by atoms with Crippen molar-refractivity contribution in [1.82, 2.24) is 5.53 Å². The highest BCUT2D eigenvalue weighted by atomic mass is 15.7. The number of anilines is 2. The van der Waals surface area contributed by atoms with E-state index in [9.17, 15) is 0 Å². The second kappa shape index (κ2) is 2.92. The number of fused-ring (bicyclic) bond motifs is 1. The van der Waals surface area contributed by atoms with Crippen molar-refractivity contribution < 1.29 is 0 Å². The summed E-state index contributed by atoms with van der Waals surface area (Å²) in [6.07, 6.45) is 0. The Balaban J connectivity index is 2.42.